The lowest BCUT2D eigenvalue weighted by molar-refractivity contribution is 0.460. The molecule has 0 aliphatic rings. The number of hydrogen-bond donors (Lipinski definition) is 3. The van der Waals surface area contributed by atoms with E-state index in [1.807, 2.05) is 69.5 Å². The van der Waals surface area contributed by atoms with E-state index in [0.29, 0.717) is 11.4 Å². The Morgan fingerprint density at radius 2 is 1.83 bits per heavy atom. The van der Waals surface area contributed by atoms with Crippen LogP contribution >= 0.6 is 0 Å². The molecule has 5 nitrogen and oxygen atoms in total. The molecule has 152 valence electrons. The van der Waals surface area contributed by atoms with Gasteiger partial charge in [0.1, 0.15) is 5.82 Å². The molecular weight excluding hydrogens is 372 g/mol. The normalized spacial score (nSPS) is 10.2. The van der Waals surface area contributed by atoms with Crippen LogP contribution in [0.4, 0.5) is 0 Å². The van der Waals surface area contributed by atoms with Gasteiger partial charge in [0.25, 0.3) is 0 Å². The SMILES string of the molecule is C#C.C=C/C=C\c1nc(-c2c(O)[nH]c3ccc(C)cc23)[nH]c1C.Cc1cccnc1. The fourth-order valence-electron chi connectivity index (χ4n) is 2.89. The highest BCUT2D eigenvalue weighted by Gasteiger charge is 2.17. The van der Waals surface area contributed by atoms with Crippen LogP contribution in [-0.4, -0.2) is 25.0 Å². The van der Waals surface area contributed by atoms with Crippen molar-refractivity contribution in [2.45, 2.75) is 20.8 Å². The van der Waals surface area contributed by atoms with Crippen molar-refractivity contribution in [3.8, 4) is 30.1 Å². The minimum atomic E-state index is 0.128. The van der Waals surface area contributed by atoms with E-state index in [1.165, 1.54) is 5.56 Å². The zero-order valence-corrected chi connectivity index (χ0v) is 17.5. The van der Waals surface area contributed by atoms with Crippen LogP contribution in [0.15, 0.2) is 61.5 Å². The molecule has 1 aromatic carbocycles. The number of aryl methyl sites for hydroxylation is 3. The van der Waals surface area contributed by atoms with E-state index in [2.05, 4.69) is 39.4 Å². The number of allylic oxidation sites excluding steroid dienone is 2. The highest BCUT2D eigenvalue weighted by molar-refractivity contribution is 5.97. The summed E-state index contributed by atoms with van der Waals surface area (Å²) in [5.74, 6) is 0.786. The molecule has 0 aliphatic heterocycles. The van der Waals surface area contributed by atoms with Gasteiger partial charge in [-0.3, -0.25) is 4.98 Å². The van der Waals surface area contributed by atoms with E-state index in [1.54, 1.807) is 12.3 Å². The van der Waals surface area contributed by atoms with Crippen molar-refractivity contribution in [1.82, 2.24) is 19.9 Å². The van der Waals surface area contributed by atoms with Crippen molar-refractivity contribution in [3.05, 3.63) is 84.0 Å². The lowest BCUT2D eigenvalue weighted by Gasteiger charge is -1.97. The van der Waals surface area contributed by atoms with Crippen LogP contribution in [0.3, 0.4) is 0 Å². The van der Waals surface area contributed by atoms with E-state index in [9.17, 15) is 5.11 Å². The lowest BCUT2D eigenvalue weighted by Crippen LogP contribution is -1.80. The number of nitrogens with one attached hydrogen (secondary N) is 2. The number of aromatic amines is 2. The number of benzene rings is 1. The van der Waals surface area contributed by atoms with Gasteiger partial charge in [0.05, 0.1) is 11.3 Å². The van der Waals surface area contributed by atoms with Gasteiger partial charge < -0.3 is 15.1 Å². The minimum Gasteiger partial charge on any atom is -0.494 e. The zero-order chi connectivity index (χ0) is 22.1. The molecule has 3 heterocycles. The van der Waals surface area contributed by atoms with Gasteiger partial charge >= 0.3 is 0 Å². The molecule has 0 fully saturated rings. The van der Waals surface area contributed by atoms with Crippen molar-refractivity contribution in [1.29, 1.82) is 0 Å². The Labute approximate surface area is 177 Å². The maximum atomic E-state index is 10.2. The van der Waals surface area contributed by atoms with Crippen LogP contribution in [0.2, 0.25) is 0 Å². The molecule has 3 N–H and O–H groups in total. The summed E-state index contributed by atoms with van der Waals surface area (Å²) in [5.41, 5.74) is 5.73. The van der Waals surface area contributed by atoms with Crippen molar-refractivity contribution in [3.63, 3.8) is 0 Å². The van der Waals surface area contributed by atoms with Gasteiger partial charge in [-0.1, -0.05) is 36.4 Å². The summed E-state index contributed by atoms with van der Waals surface area (Å²) < 4.78 is 0. The largest absolute Gasteiger partial charge is 0.494 e. The number of hydrogen-bond acceptors (Lipinski definition) is 3. The Bertz CT molecular complexity index is 1160. The zero-order valence-electron chi connectivity index (χ0n) is 17.5. The topological polar surface area (TPSA) is 77.6 Å². The molecule has 0 spiro atoms. The number of H-pyrrole nitrogens is 2. The number of nitrogens with zero attached hydrogens (tertiary/aromatic N) is 2. The molecule has 4 aromatic rings. The summed E-state index contributed by atoms with van der Waals surface area (Å²) in [6, 6.07) is 9.95. The Hall–Kier alpha value is -4.04. The molecule has 5 heteroatoms. The van der Waals surface area contributed by atoms with Crippen molar-refractivity contribution < 1.29 is 5.11 Å². The van der Waals surface area contributed by atoms with Gasteiger partial charge in [-0.15, -0.1) is 12.8 Å². The molecule has 0 saturated carbocycles. The third-order valence-electron chi connectivity index (χ3n) is 4.29. The minimum absolute atomic E-state index is 0.128. The lowest BCUT2D eigenvalue weighted by atomic mass is 10.1. The van der Waals surface area contributed by atoms with Gasteiger partial charge in [-0.05, 0) is 50.6 Å². The number of pyridine rings is 1. The monoisotopic (exact) mass is 398 g/mol. The molecule has 0 aliphatic carbocycles. The van der Waals surface area contributed by atoms with Gasteiger partial charge in [0.2, 0.25) is 5.88 Å². The fraction of sp³-hybridized carbons (Fsp3) is 0.120. The van der Waals surface area contributed by atoms with Crippen LogP contribution in [0, 0.1) is 33.6 Å². The molecule has 0 bridgehead atoms. The number of aromatic nitrogens is 4. The number of aromatic hydroxyl groups is 1. The Balaban J connectivity index is 0.000000299. The summed E-state index contributed by atoms with van der Waals surface area (Å²) in [6.45, 7) is 9.66. The van der Waals surface area contributed by atoms with Crippen LogP contribution in [0.25, 0.3) is 28.4 Å². The van der Waals surface area contributed by atoms with Crippen LogP contribution in [0.1, 0.15) is 22.5 Å². The average molecular weight is 399 g/mol. The highest BCUT2D eigenvalue weighted by Crippen LogP contribution is 2.35. The molecule has 0 atom stereocenters. The first-order valence-electron chi connectivity index (χ1n) is 9.37. The Kier molecular flexibility index (Phi) is 7.78. The molecule has 0 unspecified atom stereocenters. The Morgan fingerprint density at radius 1 is 1.07 bits per heavy atom. The molecule has 0 amide bonds. The third-order valence-corrected chi connectivity index (χ3v) is 4.29. The second-order valence-corrected chi connectivity index (χ2v) is 6.62. The van der Waals surface area contributed by atoms with Crippen LogP contribution < -0.4 is 0 Å². The standard InChI is InChI=1S/C17H17N3O.C6H7N.C2H2/c1-4-5-6-13-11(3)18-16(19-13)15-12-9-10(2)7-8-14(12)20-17(15)21;1-6-3-2-4-7-5-6;1-2/h4-9,20-21H,1H2,2-3H3,(H,18,19);2-5H,1H3;1-2H/b6-5-;;. The van der Waals surface area contributed by atoms with Gasteiger partial charge in [-0.2, -0.15) is 0 Å². The van der Waals surface area contributed by atoms with Gasteiger partial charge in [0, 0.05) is 29.0 Å². The van der Waals surface area contributed by atoms with Crippen molar-refractivity contribution in [2.75, 3.05) is 0 Å². The first kappa shape index (κ1) is 22.3. The van der Waals surface area contributed by atoms with E-state index in [4.69, 9.17) is 0 Å². The first-order chi connectivity index (χ1) is 14.5. The summed E-state index contributed by atoms with van der Waals surface area (Å²) in [4.78, 5) is 14.7. The fourth-order valence-corrected chi connectivity index (χ4v) is 2.89. The summed E-state index contributed by atoms with van der Waals surface area (Å²) in [7, 11) is 0. The molecule has 3 aromatic heterocycles. The number of imidazole rings is 1. The third kappa shape index (κ3) is 5.27. The predicted molar refractivity (Wildman–Crippen MR) is 125 cm³/mol. The predicted octanol–water partition coefficient (Wildman–Crippen LogP) is 5.72. The molecular formula is C25H26N4O. The van der Waals surface area contributed by atoms with Crippen molar-refractivity contribution in [2.24, 2.45) is 0 Å². The van der Waals surface area contributed by atoms with Crippen molar-refractivity contribution >= 4 is 17.0 Å². The van der Waals surface area contributed by atoms with E-state index < -0.39 is 0 Å². The number of rotatable bonds is 3. The second-order valence-electron chi connectivity index (χ2n) is 6.62. The average Bonchev–Trinajstić information content (AvgIpc) is 3.27. The Morgan fingerprint density at radius 3 is 2.43 bits per heavy atom. The number of fused-ring (bicyclic) bond motifs is 1. The van der Waals surface area contributed by atoms with E-state index in [0.717, 1.165) is 27.9 Å². The maximum absolute atomic E-state index is 10.2. The summed E-state index contributed by atoms with van der Waals surface area (Å²) in [5, 5.41) is 11.2. The highest BCUT2D eigenvalue weighted by atomic mass is 16.3. The van der Waals surface area contributed by atoms with Gasteiger partial charge in [0.15, 0.2) is 0 Å². The van der Waals surface area contributed by atoms with Crippen LogP contribution in [-0.2, 0) is 0 Å². The van der Waals surface area contributed by atoms with Gasteiger partial charge in [-0.25, -0.2) is 4.98 Å². The van der Waals surface area contributed by atoms with Crippen LogP contribution in [0.5, 0.6) is 5.88 Å². The molecule has 30 heavy (non-hydrogen) atoms. The number of terminal acetylenes is 1. The summed E-state index contributed by atoms with van der Waals surface area (Å²) in [6.07, 6.45) is 17.0. The molecule has 0 radical (unpaired) electrons. The maximum Gasteiger partial charge on any atom is 0.200 e. The quantitative estimate of drug-likeness (QED) is 0.305. The van der Waals surface area contributed by atoms with E-state index >= 15 is 0 Å². The molecule has 4 rings (SSSR count). The second kappa shape index (κ2) is 10.5. The van der Waals surface area contributed by atoms with E-state index in [-0.39, 0.29) is 5.88 Å². The first-order valence-corrected chi connectivity index (χ1v) is 9.37. The molecule has 0 saturated heterocycles. The smallest absolute Gasteiger partial charge is 0.200 e. The summed E-state index contributed by atoms with van der Waals surface area (Å²) >= 11 is 0.